The number of rotatable bonds is 6. The van der Waals surface area contributed by atoms with Crippen molar-refractivity contribution >= 4 is 34.4 Å². The molecule has 31 heavy (non-hydrogen) atoms. The minimum absolute atomic E-state index is 0.0649. The van der Waals surface area contributed by atoms with Crippen LogP contribution in [0.1, 0.15) is 25.7 Å². The number of aromatic nitrogens is 1. The standard InChI is InChI=1S/C20H21F3N4O4/c21-20(22,23)31-7-3-6-17(28)16-9-11-8-15(11)27(16)19(30)25-13-10-26(18(24)29)14-5-2-1-4-12(13)14/h1-2,4-5,10-11,15-16H,3,6-9H2,(H2,24,29)(H,25,30)/t11-,15-,16+/m1/s1. The maximum absolute atomic E-state index is 13.0. The Bertz CT molecular complexity index is 1040. The molecule has 8 nitrogen and oxygen atoms in total. The molecule has 0 radical (unpaired) electrons. The van der Waals surface area contributed by atoms with Crippen LogP contribution in [0.2, 0.25) is 0 Å². The van der Waals surface area contributed by atoms with Crippen molar-refractivity contribution < 1.29 is 32.3 Å². The third kappa shape index (κ3) is 4.36. The Labute approximate surface area is 175 Å². The van der Waals surface area contributed by atoms with Gasteiger partial charge in [0.25, 0.3) is 0 Å². The third-order valence-electron chi connectivity index (χ3n) is 5.73. The van der Waals surface area contributed by atoms with Gasteiger partial charge in [-0.05, 0) is 31.2 Å². The van der Waals surface area contributed by atoms with E-state index in [4.69, 9.17) is 5.73 Å². The van der Waals surface area contributed by atoms with Gasteiger partial charge in [0.2, 0.25) is 0 Å². The van der Waals surface area contributed by atoms with Gasteiger partial charge in [-0.3, -0.25) is 14.1 Å². The van der Waals surface area contributed by atoms with E-state index in [-0.39, 0.29) is 30.6 Å². The quantitative estimate of drug-likeness (QED) is 0.674. The second-order valence-corrected chi connectivity index (χ2v) is 7.78. The number of likely N-dealkylation sites (tertiary alicyclic amines) is 1. The van der Waals surface area contributed by atoms with Crippen LogP contribution in [0.3, 0.4) is 0 Å². The van der Waals surface area contributed by atoms with Crippen molar-refractivity contribution in [3.05, 3.63) is 30.5 Å². The molecule has 11 heteroatoms. The first-order valence-electron chi connectivity index (χ1n) is 9.88. The van der Waals surface area contributed by atoms with Gasteiger partial charge in [0, 0.05) is 24.0 Å². The minimum Gasteiger partial charge on any atom is -0.351 e. The predicted octanol–water partition coefficient (Wildman–Crippen LogP) is 3.45. The van der Waals surface area contributed by atoms with E-state index in [1.165, 1.54) is 15.7 Å². The second-order valence-electron chi connectivity index (χ2n) is 7.78. The van der Waals surface area contributed by atoms with Crippen LogP contribution in [-0.4, -0.2) is 52.4 Å². The molecule has 3 N–H and O–H groups in total. The molecule has 1 saturated carbocycles. The predicted molar refractivity (Wildman–Crippen MR) is 104 cm³/mol. The average Bonchev–Trinajstić information content (AvgIpc) is 3.20. The Morgan fingerprint density at radius 2 is 1.94 bits per heavy atom. The molecule has 1 aliphatic heterocycles. The van der Waals surface area contributed by atoms with Gasteiger partial charge >= 0.3 is 18.4 Å². The molecule has 2 fully saturated rings. The number of primary amides is 1. The number of halogens is 3. The maximum Gasteiger partial charge on any atom is 0.522 e. The molecule has 0 bridgehead atoms. The highest BCUT2D eigenvalue weighted by Crippen LogP contribution is 2.48. The lowest BCUT2D eigenvalue weighted by atomic mass is 10.0. The van der Waals surface area contributed by atoms with Crippen molar-refractivity contribution in [3.8, 4) is 0 Å². The summed E-state index contributed by atoms with van der Waals surface area (Å²) in [4.78, 5) is 38.8. The van der Waals surface area contributed by atoms with Crippen LogP contribution in [0.4, 0.5) is 28.4 Å². The number of amides is 3. The number of fused-ring (bicyclic) bond motifs is 2. The fraction of sp³-hybridized carbons (Fsp3) is 0.450. The third-order valence-corrected chi connectivity index (χ3v) is 5.73. The van der Waals surface area contributed by atoms with Crippen molar-refractivity contribution in [1.29, 1.82) is 0 Å². The maximum atomic E-state index is 13.0. The van der Waals surface area contributed by atoms with Crippen LogP contribution >= 0.6 is 0 Å². The normalized spacial score (nSPS) is 22.4. The van der Waals surface area contributed by atoms with E-state index < -0.39 is 31.1 Å². The van der Waals surface area contributed by atoms with Gasteiger partial charge < -0.3 is 16.0 Å². The molecule has 2 heterocycles. The van der Waals surface area contributed by atoms with E-state index in [2.05, 4.69) is 10.1 Å². The number of hydrogen-bond acceptors (Lipinski definition) is 4. The van der Waals surface area contributed by atoms with Gasteiger partial charge in [-0.25, -0.2) is 9.59 Å². The van der Waals surface area contributed by atoms with E-state index in [0.29, 0.717) is 23.0 Å². The fourth-order valence-corrected chi connectivity index (χ4v) is 4.28. The summed E-state index contributed by atoms with van der Waals surface area (Å²) < 4.78 is 41.2. The molecule has 1 aromatic carbocycles. The van der Waals surface area contributed by atoms with Gasteiger partial charge in [-0.1, -0.05) is 18.2 Å². The van der Waals surface area contributed by atoms with Gasteiger partial charge in [-0.2, -0.15) is 0 Å². The molecular weight excluding hydrogens is 417 g/mol. The van der Waals surface area contributed by atoms with E-state index in [1.54, 1.807) is 24.3 Å². The Kier molecular flexibility index (Phi) is 5.38. The van der Waals surface area contributed by atoms with Crippen LogP contribution in [0.15, 0.2) is 30.5 Å². The number of Topliss-reactive ketones (excluding diaryl/α,β-unsaturated/α-hetero) is 1. The Morgan fingerprint density at radius 1 is 1.19 bits per heavy atom. The summed E-state index contributed by atoms with van der Waals surface area (Å²) >= 11 is 0. The van der Waals surface area contributed by atoms with E-state index in [0.717, 1.165) is 6.42 Å². The van der Waals surface area contributed by atoms with Crippen molar-refractivity contribution in [3.63, 3.8) is 0 Å². The van der Waals surface area contributed by atoms with Crippen LogP contribution in [-0.2, 0) is 9.53 Å². The molecule has 0 unspecified atom stereocenters. The molecule has 3 atom stereocenters. The SMILES string of the molecule is NC(=O)n1cc(NC(=O)N2[C@@H]3C[C@@H]3C[C@H]2C(=O)CCCOC(F)(F)F)c2ccccc21. The Hall–Kier alpha value is -3.08. The number of piperidine rings is 1. The van der Waals surface area contributed by atoms with Crippen molar-refractivity contribution in [1.82, 2.24) is 9.47 Å². The van der Waals surface area contributed by atoms with Crippen molar-refractivity contribution in [2.24, 2.45) is 11.7 Å². The molecule has 1 aromatic heterocycles. The number of anilines is 1. The van der Waals surface area contributed by atoms with E-state index in [9.17, 15) is 27.6 Å². The summed E-state index contributed by atoms with van der Waals surface area (Å²) in [6.45, 7) is -0.604. The lowest BCUT2D eigenvalue weighted by molar-refractivity contribution is -0.324. The first-order chi connectivity index (χ1) is 14.7. The molecule has 1 saturated heterocycles. The highest BCUT2D eigenvalue weighted by atomic mass is 19.4. The lowest BCUT2D eigenvalue weighted by Crippen LogP contribution is -2.45. The highest BCUT2D eigenvalue weighted by Gasteiger charge is 2.55. The number of ether oxygens (including phenoxy) is 1. The number of nitrogens with one attached hydrogen (secondary N) is 1. The van der Waals surface area contributed by atoms with Crippen LogP contribution in [0, 0.1) is 5.92 Å². The number of para-hydroxylation sites is 1. The number of urea groups is 1. The number of ketones is 1. The summed E-state index contributed by atoms with van der Waals surface area (Å²) in [6.07, 6.45) is -2.20. The largest absolute Gasteiger partial charge is 0.522 e. The Morgan fingerprint density at radius 3 is 2.65 bits per heavy atom. The number of benzene rings is 1. The smallest absolute Gasteiger partial charge is 0.351 e. The van der Waals surface area contributed by atoms with Crippen LogP contribution < -0.4 is 11.1 Å². The second kappa shape index (κ2) is 7.88. The molecule has 1 aliphatic carbocycles. The Balaban J connectivity index is 1.45. The van der Waals surface area contributed by atoms with Gasteiger partial charge in [0.05, 0.1) is 23.9 Å². The zero-order valence-electron chi connectivity index (χ0n) is 16.4. The summed E-state index contributed by atoms with van der Waals surface area (Å²) in [6, 6.07) is 4.99. The highest BCUT2D eigenvalue weighted by molar-refractivity contribution is 6.05. The summed E-state index contributed by atoms with van der Waals surface area (Å²) in [5.74, 6) is -0.0641. The zero-order valence-corrected chi connectivity index (χ0v) is 16.4. The van der Waals surface area contributed by atoms with E-state index >= 15 is 0 Å². The zero-order chi connectivity index (χ0) is 22.3. The first-order valence-corrected chi connectivity index (χ1v) is 9.88. The summed E-state index contributed by atoms with van der Waals surface area (Å²) in [7, 11) is 0. The molecule has 2 aliphatic rings. The molecular formula is C20H21F3N4O4. The average molecular weight is 438 g/mol. The molecule has 2 aromatic rings. The topological polar surface area (TPSA) is 107 Å². The number of carbonyl (C=O) groups is 3. The van der Waals surface area contributed by atoms with Gasteiger partial charge in [0.1, 0.15) is 0 Å². The monoisotopic (exact) mass is 438 g/mol. The number of alkyl halides is 3. The lowest BCUT2D eigenvalue weighted by Gasteiger charge is -2.26. The number of nitrogens with zero attached hydrogens (tertiary/aromatic N) is 2. The molecule has 0 spiro atoms. The number of hydrogen-bond donors (Lipinski definition) is 2. The minimum atomic E-state index is -4.73. The molecule has 4 rings (SSSR count). The molecule has 3 amide bonds. The van der Waals surface area contributed by atoms with Crippen LogP contribution in [0.5, 0.6) is 0 Å². The fourth-order valence-electron chi connectivity index (χ4n) is 4.28. The van der Waals surface area contributed by atoms with E-state index in [1.807, 2.05) is 0 Å². The van der Waals surface area contributed by atoms with Crippen molar-refractivity contribution in [2.45, 2.75) is 44.1 Å². The van der Waals surface area contributed by atoms with Gasteiger partial charge in [-0.15, -0.1) is 13.2 Å². The van der Waals surface area contributed by atoms with Crippen LogP contribution in [0.25, 0.3) is 10.9 Å². The van der Waals surface area contributed by atoms with Crippen molar-refractivity contribution in [2.75, 3.05) is 11.9 Å². The summed E-state index contributed by atoms with van der Waals surface area (Å²) in [5.41, 5.74) is 6.32. The number of carbonyl (C=O) groups excluding carboxylic acids is 3. The number of nitrogens with two attached hydrogens (primary N) is 1. The van der Waals surface area contributed by atoms with Gasteiger partial charge in [0.15, 0.2) is 5.78 Å². The first kappa shape index (κ1) is 21.2. The molecule has 166 valence electrons. The summed E-state index contributed by atoms with van der Waals surface area (Å²) in [5, 5.41) is 3.38.